The van der Waals surface area contributed by atoms with Crippen LogP contribution in [0.4, 0.5) is 4.79 Å². The van der Waals surface area contributed by atoms with Crippen molar-refractivity contribution < 1.29 is 9.90 Å². The van der Waals surface area contributed by atoms with Crippen LogP contribution >= 0.6 is 22.6 Å². The van der Waals surface area contributed by atoms with Crippen molar-refractivity contribution in [1.29, 1.82) is 0 Å². The van der Waals surface area contributed by atoms with Gasteiger partial charge in [-0.25, -0.2) is 9.78 Å². The summed E-state index contributed by atoms with van der Waals surface area (Å²) in [5.41, 5.74) is 0. The van der Waals surface area contributed by atoms with Gasteiger partial charge in [0.2, 0.25) is 0 Å². The summed E-state index contributed by atoms with van der Waals surface area (Å²) in [4.78, 5) is 14.8. The van der Waals surface area contributed by atoms with E-state index < -0.39 is 6.09 Å². The summed E-state index contributed by atoms with van der Waals surface area (Å²) in [6.07, 6.45) is 4.71. The SMILES string of the molecule is O=C(O)NCCn1cc(I)nc1C1CCC1. The molecule has 1 amide bonds. The van der Waals surface area contributed by atoms with Gasteiger partial charge in [0.05, 0.1) is 0 Å². The van der Waals surface area contributed by atoms with Crippen LogP contribution < -0.4 is 5.32 Å². The third-order valence-electron chi connectivity index (χ3n) is 2.88. The zero-order chi connectivity index (χ0) is 11.5. The van der Waals surface area contributed by atoms with Crippen molar-refractivity contribution in [3.63, 3.8) is 0 Å². The van der Waals surface area contributed by atoms with Crippen molar-refractivity contribution in [2.45, 2.75) is 31.7 Å². The van der Waals surface area contributed by atoms with E-state index in [-0.39, 0.29) is 0 Å². The zero-order valence-electron chi connectivity index (χ0n) is 8.82. The van der Waals surface area contributed by atoms with Crippen molar-refractivity contribution in [3.8, 4) is 0 Å². The summed E-state index contributed by atoms with van der Waals surface area (Å²) in [6, 6.07) is 0. The number of aromatic nitrogens is 2. The minimum Gasteiger partial charge on any atom is -0.465 e. The number of carboxylic acid groups (broad SMARTS) is 1. The van der Waals surface area contributed by atoms with Gasteiger partial charge in [0.1, 0.15) is 9.53 Å². The van der Waals surface area contributed by atoms with Gasteiger partial charge in [-0.2, -0.15) is 0 Å². The van der Waals surface area contributed by atoms with Crippen molar-refractivity contribution >= 4 is 28.7 Å². The highest BCUT2D eigenvalue weighted by Gasteiger charge is 2.24. The maximum atomic E-state index is 10.3. The van der Waals surface area contributed by atoms with E-state index in [1.165, 1.54) is 19.3 Å². The molecule has 0 atom stereocenters. The molecule has 0 spiro atoms. The number of imidazole rings is 1. The van der Waals surface area contributed by atoms with Crippen LogP contribution in [0.15, 0.2) is 6.20 Å². The fourth-order valence-electron chi connectivity index (χ4n) is 1.85. The Labute approximate surface area is 107 Å². The number of nitrogens with zero attached hydrogens (tertiary/aromatic N) is 2. The lowest BCUT2D eigenvalue weighted by Crippen LogP contribution is -2.26. The lowest BCUT2D eigenvalue weighted by atomic mass is 9.85. The van der Waals surface area contributed by atoms with E-state index in [2.05, 4.69) is 37.5 Å². The molecule has 88 valence electrons. The molecule has 0 aromatic carbocycles. The molecule has 0 radical (unpaired) electrons. The number of rotatable bonds is 4. The molecule has 0 unspecified atom stereocenters. The Hall–Kier alpha value is -0.790. The van der Waals surface area contributed by atoms with E-state index in [1.807, 2.05) is 6.20 Å². The second-order valence-corrected chi connectivity index (χ2v) is 5.08. The quantitative estimate of drug-likeness (QED) is 0.828. The van der Waals surface area contributed by atoms with Crippen LogP contribution in [0.25, 0.3) is 0 Å². The number of halogens is 1. The fraction of sp³-hybridized carbons (Fsp3) is 0.600. The molecule has 1 aliphatic carbocycles. The first kappa shape index (κ1) is 11.7. The number of amides is 1. The monoisotopic (exact) mass is 335 g/mol. The number of carbonyl (C=O) groups is 1. The number of hydrogen-bond acceptors (Lipinski definition) is 2. The van der Waals surface area contributed by atoms with E-state index in [9.17, 15) is 4.79 Å². The molecule has 6 heteroatoms. The maximum Gasteiger partial charge on any atom is 0.404 e. The van der Waals surface area contributed by atoms with E-state index in [1.54, 1.807) is 0 Å². The lowest BCUT2D eigenvalue weighted by Gasteiger charge is -2.25. The Bertz CT molecular complexity index is 387. The Kier molecular flexibility index (Phi) is 3.67. The van der Waals surface area contributed by atoms with Gasteiger partial charge in [-0.15, -0.1) is 0 Å². The van der Waals surface area contributed by atoms with Crippen molar-refractivity contribution in [2.75, 3.05) is 6.54 Å². The average Bonchev–Trinajstić information content (AvgIpc) is 2.43. The molecule has 2 N–H and O–H groups in total. The van der Waals surface area contributed by atoms with E-state index >= 15 is 0 Å². The van der Waals surface area contributed by atoms with Gasteiger partial charge in [0, 0.05) is 25.2 Å². The summed E-state index contributed by atoms with van der Waals surface area (Å²) < 4.78 is 3.05. The van der Waals surface area contributed by atoms with Gasteiger partial charge in [0.15, 0.2) is 0 Å². The minimum atomic E-state index is -0.972. The van der Waals surface area contributed by atoms with Crippen LogP contribution in [0.1, 0.15) is 31.0 Å². The molecular formula is C10H14IN3O2. The smallest absolute Gasteiger partial charge is 0.404 e. The first-order valence-corrected chi connectivity index (χ1v) is 6.44. The van der Waals surface area contributed by atoms with Crippen LogP contribution in [0.2, 0.25) is 0 Å². The average molecular weight is 335 g/mol. The maximum absolute atomic E-state index is 10.3. The summed E-state index contributed by atoms with van der Waals surface area (Å²) in [5, 5.41) is 10.9. The predicted octanol–water partition coefficient (Wildman–Crippen LogP) is 2.02. The third kappa shape index (κ3) is 2.66. The molecule has 1 aliphatic rings. The molecule has 0 saturated heterocycles. The van der Waals surface area contributed by atoms with Crippen molar-refractivity contribution in [2.24, 2.45) is 0 Å². The summed E-state index contributed by atoms with van der Waals surface area (Å²) in [5.74, 6) is 1.69. The molecule has 1 aromatic heterocycles. The summed E-state index contributed by atoms with van der Waals surface area (Å²) in [7, 11) is 0. The van der Waals surface area contributed by atoms with Crippen LogP contribution in [-0.4, -0.2) is 27.3 Å². The highest BCUT2D eigenvalue weighted by atomic mass is 127. The largest absolute Gasteiger partial charge is 0.465 e. The van der Waals surface area contributed by atoms with E-state index in [0.29, 0.717) is 19.0 Å². The Morgan fingerprint density at radius 3 is 3.00 bits per heavy atom. The fourth-order valence-corrected chi connectivity index (χ4v) is 2.44. The Morgan fingerprint density at radius 1 is 1.69 bits per heavy atom. The first-order valence-electron chi connectivity index (χ1n) is 5.36. The second kappa shape index (κ2) is 5.03. The van der Waals surface area contributed by atoms with Crippen LogP contribution in [-0.2, 0) is 6.54 Å². The third-order valence-corrected chi connectivity index (χ3v) is 3.40. The minimum absolute atomic E-state index is 0.432. The number of nitrogens with one attached hydrogen (secondary N) is 1. The summed E-state index contributed by atoms with van der Waals surface area (Å²) in [6.45, 7) is 1.09. The molecule has 1 aromatic rings. The van der Waals surface area contributed by atoms with Gasteiger partial charge in [-0.05, 0) is 35.4 Å². The van der Waals surface area contributed by atoms with Crippen molar-refractivity contribution in [3.05, 3.63) is 15.7 Å². The highest BCUT2D eigenvalue weighted by Crippen LogP contribution is 2.35. The summed E-state index contributed by atoms with van der Waals surface area (Å²) >= 11 is 2.20. The predicted molar refractivity (Wildman–Crippen MR) is 67.6 cm³/mol. The molecule has 1 saturated carbocycles. The van der Waals surface area contributed by atoms with Gasteiger partial charge in [-0.3, -0.25) is 0 Å². The second-order valence-electron chi connectivity index (χ2n) is 3.97. The molecule has 1 fully saturated rings. The Balaban J connectivity index is 1.98. The molecule has 5 nitrogen and oxygen atoms in total. The Morgan fingerprint density at radius 2 is 2.44 bits per heavy atom. The molecule has 0 bridgehead atoms. The first-order chi connectivity index (χ1) is 7.66. The van der Waals surface area contributed by atoms with Crippen molar-refractivity contribution in [1.82, 2.24) is 14.9 Å². The van der Waals surface area contributed by atoms with Gasteiger partial charge in [-0.1, -0.05) is 6.42 Å². The molecule has 1 heterocycles. The molecule has 0 aliphatic heterocycles. The topological polar surface area (TPSA) is 67.2 Å². The zero-order valence-corrected chi connectivity index (χ0v) is 11.0. The van der Waals surface area contributed by atoms with Crippen LogP contribution in [0.3, 0.4) is 0 Å². The van der Waals surface area contributed by atoms with Crippen LogP contribution in [0, 0.1) is 3.70 Å². The van der Waals surface area contributed by atoms with Gasteiger partial charge >= 0.3 is 6.09 Å². The lowest BCUT2D eigenvalue weighted by molar-refractivity contribution is 0.194. The van der Waals surface area contributed by atoms with Gasteiger partial charge < -0.3 is 15.0 Å². The molecule has 16 heavy (non-hydrogen) atoms. The molecule has 2 rings (SSSR count). The van der Waals surface area contributed by atoms with E-state index in [0.717, 1.165) is 9.53 Å². The highest BCUT2D eigenvalue weighted by molar-refractivity contribution is 14.1. The van der Waals surface area contributed by atoms with E-state index in [4.69, 9.17) is 5.11 Å². The van der Waals surface area contributed by atoms with Gasteiger partial charge in [0.25, 0.3) is 0 Å². The van der Waals surface area contributed by atoms with Crippen LogP contribution in [0.5, 0.6) is 0 Å². The normalized spacial score (nSPS) is 15.8. The number of hydrogen-bond donors (Lipinski definition) is 2. The molecular weight excluding hydrogens is 321 g/mol. The standard InChI is InChI=1S/C10H14IN3O2/c11-8-6-14(5-4-12-10(15)16)9(13-8)7-2-1-3-7/h6-7,12H,1-5H2,(H,15,16).